The average molecular weight is 312 g/mol. The number of nitrogens with zero attached hydrogens (tertiary/aromatic N) is 1. The summed E-state index contributed by atoms with van der Waals surface area (Å²) >= 11 is 0. The molecular weight excluding hydrogens is 278 g/mol. The predicted molar refractivity (Wildman–Crippen MR) is 107 cm³/mol. The Morgan fingerprint density at radius 1 is 0.783 bits per heavy atom. The summed E-state index contributed by atoms with van der Waals surface area (Å²) in [6.45, 7) is 17.1. The van der Waals surface area contributed by atoms with Crippen LogP contribution in [0.4, 0.5) is 0 Å². The van der Waals surface area contributed by atoms with Crippen molar-refractivity contribution in [1.82, 2.24) is 4.57 Å². The SMILES string of the molecule is CC.CC.Cc1ccc2c3ccccc3n(C)c2c1C(C)(C)C. The van der Waals surface area contributed by atoms with Gasteiger partial charge in [-0.3, -0.25) is 0 Å². The number of aryl methyl sites for hydroxylation is 2. The fourth-order valence-electron chi connectivity index (χ4n) is 3.32. The van der Waals surface area contributed by atoms with Crippen molar-refractivity contribution in [2.75, 3.05) is 0 Å². The molecule has 0 N–H and O–H groups in total. The third kappa shape index (κ3) is 3.44. The van der Waals surface area contributed by atoms with E-state index < -0.39 is 0 Å². The van der Waals surface area contributed by atoms with Crippen LogP contribution < -0.4 is 0 Å². The van der Waals surface area contributed by atoms with E-state index in [2.05, 4.69) is 75.7 Å². The molecule has 0 aliphatic rings. The molecule has 1 aromatic heterocycles. The Morgan fingerprint density at radius 3 is 1.91 bits per heavy atom. The summed E-state index contributed by atoms with van der Waals surface area (Å²) in [6, 6.07) is 13.2. The lowest BCUT2D eigenvalue weighted by Crippen LogP contribution is -2.15. The summed E-state index contributed by atoms with van der Waals surface area (Å²) < 4.78 is 2.35. The molecule has 1 heterocycles. The van der Waals surface area contributed by atoms with Gasteiger partial charge in [0, 0.05) is 23.3 Å². The molecule has 0 unspecified atom stereocenters. The Hall–Kier alpha value is -1.76. The second kappa shape index (κ2) is 7.68. The van der Waals surface area contributed by atoms with E-state index in [0.717, 1.165) is 0 Å². The maximum absolute atomic E-state index is 2.35. The topological polar surface area (TPSA) is 4.93 Å². The van der Waals surface area contributed by atoms with E-state index in [4.69, 9.17) is 0 Å². The van der Waals surface area contributed by atoms with Gasteiger partial charge >= 0.3 is 0 Å². The van der Waals surface area contributed by atoms with Crippen LogP contribution in [0.3, 0.4) is 0 Å². The summed E-state index contributed by atoms with van der Waals surface area (Å²) in [6.07, 6.45) is 0. The fraction of sp³-hybridized carbons (Fsp3) is 0.455. The van der Waals surface area contributed by atoms with Crippen molar-refractivity contribution in [2.45, 2.75) is 60.8 Å². The van der Waals surface area contributed by atoms with Crippen LogP contribution in [0.25, 0.3) is 21.8 Å². The minimum atomic E-state index is 0.158. The van der Waals surface area contributed by atoms with Gasteiger partial charge in [-0.15, -0.1) is 0 Å². The molecule has 0 saturated heterocycles. The number of para-hydroxylation sites is 1. The Labute approximate surface area is 142 Å². The van der Waals surface area contributed by atoms with Gasteiger partial charge in [-0.2, -0.15) is 0 Å². The van der Waals surface area contributed by atoms with Crippen molar-refractivity contribution in [3.63, 3.8) is 0 Å². The molecule has 3 aromatic rings. The monoisotopic (exact) mass is 311 g/mol. The standard InChI is InChI=1S/C18H21N.2C2H6/c1-12-10-11-14-13-8-6-7-9-15(13)19(5)17(14)16(12)18(2,3)4;2*1-2/h6-11H,1-5H3;2*1-2H3. The Balaban J connectivity index is 0.000000615. The molecule has 0 amide bonds. The zero-order valence-corrected chi connectivity index (χ0v) is 16.4. The van der Waals surface area contributed by atoms with Crippen LogP contribution in [-0.4, -0.2) is 4.57 Å². The van der Waals surface area contributed by atoms with Crippen LogP contribution in [0.2, 0.25) is 0 Å². The van der Waals surface area contributed by atoms with E-state index in [-0.39, 0.29) is 5.41 Å². The number of aromatic nitrogens is 1. The average Bonchev–Trinajstić information content (AvgIpc) is 2.83. The van der Waals surface area contributed by atoms with Gasteiger partial charge in [-0.25, -0.2) is 0 Å². The molecule has 1 nitrogen and oxygen atoms in total. The molecule has 0 saturated carbocycles. The van der Waals surface area contributed by atoms with Crippen LogP contribution in [0.15, 0.2) is 36.4 Å². The van der Waals surface area contributed by atoms with Gasteiger partial charge in [0.05, 0.1) is 5.52 Å². The third-order valence-corrected chi connectivity index (χ3v) is 4.03. The van der Waals surface area contributed by atoms with E-state index in [0.29, 0.717) is 0 Å². The van der Waals surface area contributed by atoms with E-state index >= 15 is 0 Å². The highest BCUT2D eigenvalue weighted by atomic mass is 14.9. The highest BCUT2D eigenvalue weighted by Crippen LogP contribution is 2.37. The molecule has 126 valence electrons. The lowest BCUT2D eigenvalue weighted by molar-refractivity contribution is 0.589. The van der Waals surface area contributed by atoms with E-state index in [1.165, 1.54) is 32.9 Å². The number of hydrogen-bond donors (Lipinski definition) is 0. The maximum atomic E-state index is 2.35. The highest BCUT2D eigenvalue weighted by molar-refractivity contribution is 6.09. The zero-order chi connectivity index (χ0) is 17.8. The molecule has 0 atom stereocenters. The molecule has 0 bridgehead atoms. The number of benzene rings is 2. The van der Waals surface area contributed by atoms with Gasteiger partial charge in [-0.1, -0.05) is 78.8 Å². The van der Waals surface area contributed by atoms with Gasteiger partial charge in [0.2, 0.25) is 0 Å². The first-order chi connectivity index (χ1) is 10.9. The maximum Gasteiger partial charge on any atom is 0.0529 e. The Morgan fingerprint density at radius 2 is 1.35 bits per heavy atom. The lowest BCUT2D eigenvalue weighted by atomic mass is 9.82. The van der Waals surface area contributed by atoms with Gasteiger partial charge in [0.15, 0.2) is 0 Å². The van der Waals surface area contributed by atoms with Crippen molar-refractivity contribution in [2.24, 2.45) is 7.05 Å². The first kappa shape index (κ1) is 19.3. The van der Waals surface area contributed by atoms with Crippen molar-refractivity contribution in [3.8, 4) is 0 Å². The summed E-state index contributed by atoms with van der Waals surface area (Å²) in [5.41, 5.74) is 5.70. The van der Waals surface area contributed by atoms with Crippen LogP contribution in [0.1, 0.15) is 59.6 Å². The van der Waals surface area contributed by atoms with E-state index in [1.54, 1.807) is 0 Å². The van der Waals surface area contributed by atoms with Gasteiger partial charge < -0.3 is 4.57 Å². The normalized spacial score (nSPS) is 10.8. The van der Waals surface area contributed by atoms with Crippen molar-refractivity contribution in [3.05, 3.63) is 47.5 Å². The van der Waals surface area contributed by atoms with Crippen LogP contribution in [0.5, 0.6) is 0 Å². The fourth-order valence-corrected chi connectivity index (χ4v) is 3.32. The van der Waals surface area contributed by atoms with Crippen LogP contribution >= 0.6 is 0 Å². The smallest absolute Gasteiger partial charge is 0.0529 e. The second-order valence-corrected chi connectivity index (χ2v) is 6.48. The van der Waals surface area contributed by atoms with E-state index in [1.807, 2.05) is 27.7 Å². The molecular formula is C22H33N. The minimum Gasteiger partial charge on any atom is -0.343 e. The highest BCUT2D eigenvalue weighted by Gasteiger charge is 2.22. The molecule has 0 fully saturated rings. The first-order valence-corrected chi connectivity index (χ1v) is 8.88. The van der Waals surface area contributed by atoms with Crippen molar-refractivity contribution < 1.29 is 0 Å². The molecule has 0 aliphatic carbocycles. The summed E-state index contributed by atoms with van der Waals surface area (Å²) in [5.74, 6) is 0. The Bertz CT molecular complexity index is 770. The van der Waals surface area contributed by atoms with Crippen molar-refractivity contribution >= 4 is 21.8 Å². The largest absolute Gasteiger partial charge is 0.343 e. The van der Waals surface area contributed by atoms with Gasteiger partial charge in [-0.05, 0) is 29.5 Å². The lowest BCUT2D eigenvalue weighted by Gasteiger charge is -2.23. The predicted octanol–water partition coefficient (Wildman–Crippen LogP) is 6.99. The third-order valence-electron chi connectivity index (χ3n) is 4.03. The molecule has 3 rings (SSSR count). The van der Waals surface area contributed by atoms with Crippen LogP contribution in [0, 0.1) is 6.92 Å². The zero-order valence-electron chi connectivity index (χ0n) is 16.4. The summed E-state index contributed by atoms with van der Waals surface area (Å²) in [5, 5.41) is 2.72. The molecule has 2 aromatic carbocycles. The number of fused-ring (bicyclic) bond motifs is 3. The van der Waals surface area contributed by atoms with Crippen LogP contribution in [-0.2, 0) is 12.5 Å². The number of rotatable bonds is 0. The first-order valence-electron chi connectivity index (χ1n) is 8.88. The quantitative estimate of drug-likeness (QED) is 0.421. The molecule has 23 heavy (non-hydrogen) atoms. The second-order valence-electron chi connectivity index (χ2n) is 6.48. The summed E-state index contributed by atoms with van der Waals surface area (Å²) in [7, 11) is 2.18. The number of hydrogen-bond acceptors (Lipinski definition) is 0. The molecule has 0 aliphatic heterocycles. The minimum absolute atomic E-state index is 0.158. The summed E-state index contributed by atoms with van der Waals surface area (Å²) in [4.78, 5) is 0. The molecule has 0 spiro atoms. The Kier molecular flexibility index (Phi) is 6.44. The molecule has 0 radical (unpaired) electrons. The van der Waals surface area contributed by atoms with Gasteiger partial charge in [0.1, 0.15) is 0 Å². The van der Waals surface area contributed by atoms with Crippen molar-refractivity contribution in [1.29, 1.82) is 0 Å². The van der Waals surface area contributed by atoms with E-state index in [9.17, 15) is 0 Å². The molecule has 1 heteroatoms. The van der Waals surface area contributed by atoms with Gasteiger partial charge in [0.25, 0.3) is 0 Å².